The van der Waals surface area contributed by atoms with Gasteiger partial charge in [0.25, 0.3) is 0 Å². The molecule has 0 aliphatic carbocycles. The number of nitrogens with one attached hydrogen (secondary N) is 1. The van der Waals surface area contributed by atoms with Crippen LogP contribution < -0.4 is 5.43 Å². The third-order valence-corrected chi connectivity index (χ3v) is 3.53. The van der Waals surface area contributed by atoms with E-state index in [2.05, 4.69) is 20.4 Å². The summed E-state index contributed by atoms with van der Waals surface area (Å²) >= 11 is 0. The number of nitrogens with zero attached hydrogens (tertiary/aromatic N) is 4. The molecular formula is C17H15N5O5. The Hall–Kier alpha value is -3.95. The maximum absolute atomic E-state index is 11.1. The number of furan rings is 1. The maximum Gasteiger partial charge on any atom is 0.433 e. The number of rotatable bonds is 6. The predicted molar refractivity (Wildman–Crippen MR) is 95.3 cm³/mol. The molecule has 0 fully saturated rings. The van der Waals surface area contributed by atoms with Gasteiger partial charge < -0.3 is 9.15 Å². The zero-order valence-corrected chi connectivity index (χ0v) is 14.2. The first-order valence-corrected chi connectivity index (χ1v) is 7.80. The molecule has 1 amide bonds. The second kappa shape index (κ2) is 7.95. The van der Waals surface area contributed by atoms with Gasteiger partial charge in [-0.1, -0.05) is 30.3 Å². The third-order valence-electron chi connectivity index (χ3n) is 3.53. The van der Waals surface area contributed by atoms with Gasteiger partial charge in [0, 0.05) is 11.8 Å². The van der Waals surface area contributed by atoms with Crippen LogP contribution in [0.1, 0.15) is 11.1 Å². The molecule has 1 aromatic carbocycles. The summed E-state index contributed by atoms with van der Waals surface area (Å²) in [4.78, 5) is 21.3. The maximum atomic E-state index is 11.1. The lowest BCUT2D eigenvalue weighted by atomic mass is 10.2. The highest BCUT2D eigenvalue weighted by atomic mass is 16.6. The molecule has 0 saturated carbocycles. The van der Waals surface area contributed by atoms with Crippen LogP contribution in [-0.2, 0) is 11.3 Å². The van der Waals surface area contributed by atoms with Gasteiger partial charge in [-0.15, -0.1) is 0 Å². The number of carbonyl (C=O) groups excluding carboxylic acids is 1. The normalized spacial score (nSPS) is 10.9. The number of carbonyl (C=O) groups is 1. The molecule has 0 radical (unpaired) electrons. The quantitative estimate of drug-likeness (QED) is 0.405. The van der Waals surface area contributed by atoms with E-state index in [4.69, 9.17) is 4.42 Å². The summed E-state index contributed by atoms with van der Waals surface area (Å²) in [6, 6.07) is 12.3. The van der Waals surface area contributed by atoms with Crippen molar-refractivity contribution in [3.63, 3.8) is 0 Å². The number of benzene rings is 1. The third kappa shape index (κ3) is 4.37. The number of nitro groups is 1. The van der Waals surface area contributed by atoms with Gasteiger partial charge in [0.2, 0.25) is 0 Å². The van der Waals surface area contributed by atoms with Crippen molar-refractivity contribution in [2.45, 2.75) is 6.54 Å². The van der Waals surface area contributed by atoms with Crippen molar-refractivity contribution in [3.8, 4) is 11.5 Å². The highest BCUT2D eigenvalue weighted by molar-refractivity contribution is 5.88. The van der Waals surface area contributed by atoms with Crippen LogP contribution in [0.3, 0.4) is 0 Å². The van der Waals surface area contributed by atoms with E-state index in [1.165, 1.54) is 25.5 Å². The zero-order chi connectivity index (χ0) is 19.2. The summed E-state index contributed by atoms with van der Waals surface area (Å²) in [6.07, 6.45) is 2.33. The Morgan fingerprint density at radius 1 is 1.37 bits per heavy atom. The van der Waals surface area contributed by atoms with E-state index in [0.717, 1.165) is 5.56 Å². The molecule has 0 aliphatic rings. The largest absolute Gasteiger partial charge is 0.452 e. The first-order valence-electron chi connectivity index (χ1n) is 7.80. The standard InChI is InChI=1S/C17H15N5O5/c1-26-17(23)19-18-9-13-11-21(10-12-5-3-2-4-6-12)20-16(13)14-7-8-15(27-14)22(24)25/h2-9,11H,10H2,1H3,(H,19,23)/b18-9+. The van der Waals surface area contributed by atoms with Crippen LogP contribution in [0.2, 0.25) is 0 Å². The second-order valence-corrected chi connectivity index (χ2v) is 5.37. The molecule has 0 unspecified atom stereocenters. The van der Waals surface area contributed by atoms with E-state index in [0.29, 0.717) is 17.8 Å². The van der Waals surface area contributed by atoms with E-state index in [9.17, 15) is 14.9 Å². The minimum absolute atomic E-state index is 0.216. The Balaban J connectivity index is 1.92. The molecule has 3 aromatic rings. The minimum atomic E-state index is -0.724. The number of ether oxygens (including phenoxy) is 1. The molecule has 0 aliphatic heterocycles. The second-order valence-electron chi connectivity index (χ2n) is 5.37. The number of hydrazone groups is 1. The van der Waals surface area contributed by atoms with Crippen molar-refractivity contribution >= 4 is 18.2 Å². The van der Waals surface area contributed by atoms with Crippen LogP contribution in [0.5, 0.6) is 0 Å². The van der Waals surface area contributed by atoms with Crippen LogP contribution in [-0.4, -0.2) is 34.1 Å². The number of hydrogen-bond donors (Lipinski definition) is 1. The number of amides is 1. The van der Waals surface area contributed by atoms with Crippen LogP contribution in [0.15, 0.2) is 58.2 Å². The van der Waals surface area contributed by atoms with E-state index in [-0.39, 0.29) is 5.76 Å². The molecule has 27 heavy (non-hydrogen) atoms. The molecule has 2 heterocycles. The Labute approximate surface area is 153 Å². The lowest BCUT2D eigenvalue weighted by Gasteiger charge is -2.00. The Morgan fingerprint density at radius 3 is 2.81 bits per heavy atom. The van der Waals surface area contributed by atoms with Crippen molar-refractivity contribution in [1.82, 2.24) is 15.2 Å². The first-order chi connectivity index (χ1) is 13.1. The topological polar surface area (TPSA) is 125 Å². The molecule has 0 atom stereocenters. The van der Waals surface area contributed by atoms with Crippen molar-refractivity contribution in [1.29, 1.82) is 0 Å². The Kier molecular flexibility index (Phi) is 5.26. The van der Waals surface area contributed by atoms with Gasteiger partial charge in [0.1, 0.15) is 10.6 Å². The average molecular weight is 369 g/mol. The Morgan fingerprint density at radius 2 is 2.15 bits per heavy atom. The molecule has 3 rings (SSSR count). The van der Waals surface area contributed by atoms with Crippen molar-refractivity contribution in [2.75, 3.05) is 7.11 Å². The lowest BCUT2D eigenvalue weighted by Crippen LogP contribution is -2.16. The van der Waals surface area contributed by atoms with Crippen LogP contribution in [0, 0.1) is 10.1 Å². The summed E-state index contributed by atoms with van der Waals surface area (Å²) in [6.45, 7) is 0.481. The molecule has 10 nitrogen and oxygen atoms in total. The summed E-state index contributed by atoms with van der Waals surface area (Å²) in [5.41, 5.74) is 4.06. The molecule has 10 heteroatoms. The van der Waals surface area contributed by atoms with Crippen molar-refractivity contribution in [3.05, 3.63) is 69.9 Å². The van der Waals surface area contributed by atoms with Gasteiger partial charge in [-0.25, -0.2) is 10.2 Å². The summed E-state index contributed by atoms with van der Waals surface area (Å²) in [5, 5.41) is 19.1. The van der Waals surface area contributed by atoms with Gasteiger partial charge in [0.05, 0.1) is 25.9 Å². The molecule has 0 saturated heterocycles. The first kappa shape index (κ1) is 17.9. The highest BCUT2D eigenvalue weighted by Gasteiger charge is 2.18. The smallest absolute Gasteiger partial charge is 0.433 e. The molecule has 138 valence electrons. The fraction of sp³-hybridized carbons (Fsp3) is 0.118. The van der Waals surface area contributed by atoms with Crippen LogP contribution >= 0.6 is 0 Å². The van der Waals surface area contributed by atoms with Crippen molar-refractivity contribution < 1.29 is 18.9 Å². The minimum Gasteiger partial charge on any atom is -0.452 e. The van der Waals surface area contributed by atoms with E-state index in [1.54, 1.807) is 10.9 Å². The van der Waals surface area contributed by atoms with E-state index in [1.807, 2.05) is 30.3 Å². The average Bonchev–Trinajstić information content (AvgIpc) is 3.29. The van der Waals surface area contributed by atoms with E-state index >= 15 is 0 Å². The monoisotopic (exact) mass is 369 g/mol. The van der Waals surface area contributed by atoms with Gasteiger partial charge in [-0.05, 0) is 11.6 Å². The van der Waals surface area contributed by atoms with Gasteiger partial charge >= 0.3 is 12.0 Å². The lowest BCUT2D eigenvalue weighted by molar-refractivity contribution is -0.401. The molecule has 1 N–H and O–H groups in total. The summed E-state index contributed by atoms with van der Waals surface area (Å²) < 4.78 is 11.3. The van der Waals surface area contributed by atoms with Crippen LogP contribution in [0.4, 0.5) is 10.7 Å². The van der Waals surface area contributed by atoms with Gasteiger partial charge in [-0.3, -0.25) is 14.8 Å². The number of aromatic nitrogens is 2. The Bertz CT molecular complexity index is 977. The number of methoxy groups -OCH3 is 1. The molecular weight excluding hydrogens is 354 g/mol. The fourth-order valence-electron chi connectivity index (χ4n) is 2.33. The number of hydrogen-bond acceptors (Lipinski definition) is 7. The molecule has 0 spiro atoms. The fourth-order valence-corrected chi connectivity index (χ4v) is 2.33. The molecule has 0 bridgehead atoms. The van der Waals surface area contributed by atoms with Crippen molar-refractivity contribution in [2.24, 2.45) is 5.10 Å². The zero-order valence-electron chi connectivity index (χ0n) is 14.2. The summed E-state index contributed by atoms with van der Waals surface area (Å²) in [5.74, 6) is -0.175. The van der Waals surface area contributed by atoms with E-state index < -0.39 is 16.9 Å². The highest BCUT2D eigenvalue weighted by Crippen LogP contribution is 2.27. The SMILES string of the molecule is COC(=O)N/N=C/c1cn(Cc2ccccc2)nc1-c1ccc([N+](=O)[O-])o1. The van der Waals surface area contributed by atoms with Gasteiger partial charge in [-0.2, -0.15) is 10.2 Å². The molecule has 2 aromatic heterocycles. The summed E-state index contributed by atoms with van der Waals surface area (Å²) in [7, 11) is 1.22. The predicted octanol–water partition coefficient (Wildman–Crippen LogP) is 2.79. The van der Waals surface area contributed by atoms with Gasteiger partial charge in [0.15, 0.2) is 5.76 Å². The van der Waals surface area contributed by atoms with Crippen LogP contribution in [0.25, 0.3) is 11.5 Å².